The van der Waals surface area contributed by atoms with E-state index in [9.17, 15) is 4.79 Å². The summed E-state index contributed by atoms with van der Waals surface area (Å²) in [5.74, 6) is -0.175. The quantitative estimate of drug-likeness (QED) is 0.486. The van der Waals surface area contributed by atoms with Gasteiger partial charge in [-0.2, -0.15) is 0 Å². The third-order valence-electron chi connectivity index (χ3n) is 3.49. The lowest BCUT2D eigenvalue weighted by Gasteiger charge is -2.26. The number of nitrogens with one attached hydrogen (secondary N) is 1. The van der Waals surface area contributed by atoms with Crippen molar-refractivity contribution in [3.05, 3.63) is 23.3 Å². The van der Waals surface area contributed by atoms with E-state index in [-0.39, 0.29) is 5.97 Å². The minimum absolute atomic E-state index is 0.175. The van der Waals surface area contributed by atoms with Crippen LogP contribution in [0.2, 0.25) is 0 Å². The number of rotatable bonds is 4. The molecule has 0 aliphatic carbocycles. The molecule has 2 aliphatic heterocycles. The predicted molar refractivity (Wildman–Crippen MR) is 82.7 cm³/mol. The van der Waals surface area contributed by atoms with Gasteiger partial charge < -0.3 is 15.0 Å². The highest BCUT2D eigenvalue weighted by atomic mass is 16.5. The minimum Gasteiger partial charge on any atom is -0.457 e. The Morgan fingerprint density at radius 3 is 2.65 bits per heavy atom. The van der Waals surface area contributed by atoms with Gasteiger partial charge in [0.2, 0.25) is 0 Å². The highest BCUT2D eigenvalue weighted by Crippen LogP contribution is 2.20. The fraction of sp³-hybridized carbons (Fsp3) is 0.688. The molecule has 2 rings (SSSR count). The number of piperazine rings is 1. The first-order valence-corrected chi connectivity index (χ1v) is 7.77. The van der Waals surface area contributed by atoms with Gasteiger partial charge in [-0.25, -0.2) is 4.79 Å². The van der Waals surface area contributed by atoms with Crippen LogP contribution in [0.1, 0.15) is 33.6 Å². The average molecular weight is 280 g/mol. The molecule has 0 aromatic rings. The summed E-state index contributed by atoms with van der Waals surface area (Å²) < 4.78 is 5.02. The van der Waals surface area contributed by atoms with E-state index in [4.69, 9.17) is 4.74 Å². The third-order valence-corrected chi connectivity index (χ3v) is 3.49. The van der Waals surface area contributed by atoms with Crippen molar-refractivity contribution in [2.24, 2.45) is 0 Å². The highest BCUT2D eigenvalue weighted by molar-refractivity contribution is 5.96. The molecule has 4 heteroatoms. The maximum absolute atomic E-state index is 11.3. The summed E-state index contributed by atoms with van der Waals surface area (Å²) in [5, 5.41) is 3.35. The van der Waals surface area contributed by atoms with Crippen LogP contribution in [-0.4, -0.2) is 50.2 Å². The highest BCUT2D eigenvalue weighted by Gasteiger charge is 2.22. The fourth-order valence-electron chi connectivity index (χ4n) is 2.43. The molecule has 0 bridgehead atoms. The first-order valence-electron chi connectivity index (χ1n) is 7.77. The maximum atomic E-state index is 11.3. The number of esters is 1. The number of allylic oxidation sites excluding steroid dienone is 2. The molecule has 2 fully saturated rings. The van der Waals surface area contributed by atoms with Gasteiger partial charge in [-0.1, -0.05) is 26.0 Å². The van der Waals surface area contributed by atoms with Crippen molar-refractivity contribution in [3.8, 4) is 0 Å². The Morgan fingerprint density at radius 1 is 1.30 bits per heavy atom. The van der Waals surface area contributed by atoms with Gasteiger partial charge in [-0.3, -0.25) is 0 Å². The van der Waals surface area contributed by atoms with Gasteiger partial charge in [0.1, 0.15) is 6.61 Å². The molecular weight excluding hydrogens is 252 g/mol. The molecule has 0 aromatic heterocycles. The molecule has 0 radical (unpaired) electrons. The Hall–Kier alpha value is -1.13. The second-order valence-electron chi connectivity index (χ2n) is 4.74. The Morgan fingerprint density at radius 2 is 2.00 bits per heavy atom. The molecule has 0 aromatic carbocycles. The number of hydrogen-bond donors (Lipinski definition) is 1. The van der Waals surface area contributed by atoms with Crippen molar-refractivity contribution >= 4 is 5.97 Å². The molecule has 4 nitrogen and oxygen atoms in total. The fourth-order valence-corrected chi connectivity index (χ4v) is 2.43. The Labute approximate surface area is 122 Å². The molecule has 2 saturated heterocycles. The van der Waals surface area contributed by atoms with Crippen LogP contribution in [0.25, 0.3) is 0 Å². The van der Waals surface area contributed by atoms with Crippen LogP contribution in [0, 0.1) is 0 Å². The van der Waals surface area contributed by atoms with Gasteiger partial charge >= 0.3 is 5.97 Å². The standard InChI is InChI=1S/C14H22N2O2.C2H6/c1-2-13-12(11-18-14(13)17)5-3-4-8-16-9-6-15-7-10-16;1-2/h2,5,15H,3-4,6-11H2,1H3;1-2H3/b12-5-,13-2+;. The molecule has 0 spiro atoms. The van der Waals surface area contributed by atoms with Crippen LogP contribution in [0.5, 0.6) is 0 Å². The molecule has 20 heavy (non-hydrogen) atoms. The molecule has 2 aliphatic rings. The summed E-state index contributed by atoms with van der Waals surface area (Å²) in [6, 6.07) is 0. The molecule has 0 unspecified atom stereocenters. The number of hydrogen-bond acceptors (Lipinski definition) is 4. The monoisotopic (exact) mass is 280 g/mol. The van der Waals surface area contributed by atoms with Crippen molar-refractivity contribution in [2.75, 3.05) is 39.3 Å². The molecule has 0 amide bonds. The predicted octanol–water partition coefficient (Wildman–Crippen LogP) is 2.13. The van der Waals surface area contributed by atoms with Crippen LogP contribution < -0.4 is 5.32 Å². The summed E-state index contributed by atoms with van der Waals surface area (Å²) >= 11 is 0. The average Bonchev–Trinajstić information content (AvgIpc) is 2.87. The van der Waals surface area contributed by atoms with Crippen LogP contribution >= 0.6 is 0 Å². The molecular formula is C16H28N2O2. The number of unbranched alkanes of at least 4 members (excludes halogenated alkanes) is 1. The number of carbonyl (C=O) groups excluding carboxylic acids is 1. The van der Waals surface area contributed by atoms with Gasteiger partial charge in [0, 0.05) is 26.2 Å². The number of nitrogens with zero attached hydrogens (tertiary/aromatic N) is 1. The molecule has 114 valence electrons. The minimum atomic E-state index is -0.175. The van der Waals surface area contributed by atoms with Crippen LogP contribution in [0.4, 0.5) is 0 Å². The van der Waals surface area contributed by atoms with E-state index in [1.807, 2.05) is 26.8 Å². The lowest BCUT2D eigenvalue weighted by Crippen LogP contribution is -2.43. The first-order chi connectivity index (χ1) is 9.81. The van der Waals surface area contributed by atoms with Gasteiger partial charge in [0.15, 0.2) is 0 Å². The van der Waals surface area contributed by atoms with Crippen LogP contribution in [-0.2, 0) is 9.53 Å². The van der Waals surface area contributed by atoms with Crippen LogP contribution in [0.15, 0.2) is 23.3 Å². The maximum Gasteiger partial charge on any atom is 0.338 e. The second kappa shape index (κ2) is 9.72. The lowest BCUT2D eigenvalue weighted by molar-refractivity contribution is -0.135. The van der Waals surface area contributed by atoms with E-state index in [1.165, 1.54) is 0 Å². The van der Waals surface area contributed by atoms with Crippen molar-refractivity contribution in [2.45, 2.75) is 33.6 Å². The van der Waals surface area contributed by atoms with Gasteiger partial charge in [-0.15, -0.1) is 0 Å². The normalized spacial score (nSPS) is 23.6. The van der Waals surface area contributed by atoms with E-state index in [1.54, 1.807) is 0 Å². The van der Waals surface area contributed by atoms with Crippen molar-refractivity contribution < 1.29 is 9.53 Å². The van der Waals surface area contributed by atoms with Gasteiger partial charge in [-0.05, 0) is 31.9 Å². The smallest absolute Gasteiger partial charge is 0.338 e. The lowest BCUT2D eigenvalue weighted by atomic mass is 10.1. The van der Waals surface area contributed by atoms with Crippen molar-refractivity contribution in [1.82, 2.24) is 10.2 Å². The Balaban J connectivity index is 0.000000956. The summed E-state index contributed by atoms with van der Waals surface area (Å²) in [7, 11) is 0. The molecule has 1 N–H and O–H groups in total. The number of carbonyl (C=O) groups is 1. The van der Waals surface area contributed by atoms with Gasteiger partial charge in [0.05, 0.1) is 5.57 Å². The SMILES string of the molecule is C/C=C1/C(=O)OC/C1=C/CCCN1CCNCC1.CC. The Kier molecular flexibility index (Phi) is 8.23. The number of cyclic esters (lactones) is 1. The largest absolute Gasteiger partial charge is 0.457 e. The molecule has 2 heterocycles. The van der Waals surface area contributed by atoms with E-state index < -0.39 is 0 Å². The van der Waals surface area contributed by atoms with E-state index in [0.717, 1.165) is 56.7 Å². The molecule has 0 atom stereocenters. The van der Waals surface area contributed by atoms with Crippen molar-refractivity contribution in [3.63, 3.8) is 0 Å². The number of ether oxygens (including phenoxy) is 1. The zero-order valence-electron chi connectivity index (χ0n) is 13.1. The zero-order valence-corrected chi connectivity index (χ0v) is 13.1. The summed E-state index contributed by atoms with van der Waals surface area (Å²) in [5.41, 5.74) is 1.81. The second-order valence-corrected chi connectivity index (χ2v) is 4.74. The van der Waals surface area contributed by atoms with Gasteiger partial charge in [0.25, 0.3) is 0 Å². The van der Waals surface area contributed by atoms with Crippen LogP contribution in [0.3, 0.4) is 0 Å². The van der Waals surface area contributed by atoms with E-state index in [0.29, 0.717) is 6.61 Å². The molecule has 0 saturated carbocycles. The van der Waals surface area contributed by atoms with E-state index in [2.05, 4.69) is 16.3 Å². The van der Waals surface area contributed by atoms with E-state index >= 15 is 0 Å². The summed E-state index contributed by atoms with van der Waals surface area (Å²) in [6.07, 6.45) is 6.17. The first kappa shape index (κ1) is 16.9. The summed E-state index contributed by atoms with van der Waals surface area (Å²) in [4.78, 5) is 13.8. The Bertz CT molecular complexity index is 355. The van der Waals surface area contributed by atoms with Crippen molar-refractivity contribution in [1.29, 1.82) is 0 Å². The zero-order chi connectivity index (χ0) is 14.8. The third kappa shape index (κ3) is 5.10. The topological polar surface area (TPSA) is 41.6 Å². The summed E-state index contributed by atoms with van der Waals surface area (Å²) in [6.45, 7) is 12.0.